The van der Waals surface area contributed by atoms with Crippen molar-refractivity contribution in [1.82, 2.24) is 0 Å². The Balaban J connectivity index is 2.94. The molecule has 0 saturated heterocycles. The van der Waals surface area contributed by atoms with Crippen LogP contribution < -0.4 is 0 Å². The van der Waals surface area contributed by atoms with Gasteiger partial charge in [0.15, 0.2) is 0 Å². The first-order chi connectivity index (χ1) is 8.40. The quantitative estimate of drug-likeness (QED) is 0.605. The van der Waals surface area contributed by atoms with Crippen molar-refractivity contribution < 1.29 is 9.85 Å². The first kappa shape index (κ1) is 13.6. The third-order valence-corrected chi connectivity index (χ3v) is 2.26. The number of nitro groups is 2. The summed E-state index contributed by atoms with van der Waals surface area (Å²) in [4.78, 5) is 20.0. The normalized spacial score (nSPS) is 12.3. The highest BCUT2D eigenvalue weighted by molar-refractivity contribution is 5.56. The van der Waals surface area contributed by atoms with Gasteiger partial charge in [0.1, 0.15) is 0 Å². The molecular weight excluding hydrogens is 236 g/mol. The van der Waals surface area contributed by atoms with Gasteiger partial charge in [0.25, 0.3) is 0 Å². The van der Waals surface area contributed by atoms with Gasteiger partial charge in [-0.3, -0.25) is 20.2 Å². The van der Waals surface area contributed by atoms with Crippen molar-refractivity contribution in [3.8, 4) is 0 Å². The van der Waals surface area contributed by atoms with Gasteiger partial charge >= 0.3 is 0 Å². The number of allylic oxidation sites excluding steroid dienone is 2. The van der Waals surface area contributed by atoms with E-state index in [0.29, 0.717) is 11.1 Å². The van der Waals surface area contributed by atoms with E-state index in [1.807, 2.05) is 0 Å². The molecule has 0 aliphatic rings. The lowest BCUT2D eigenvalue weighted by molar-refractivity contribution is -0.422. The first-order valence-electron chi connectivity index (χ1n) is 5.15. The molecule has 0 bridgehead atoms. The molecule has 18 heavy (non-hydrogen) atoms. The number of hydrogen-bond donors (Lipinski definition) is 0. The maximum Gasteiger partial charge on any atom is 0.243 e. The maximum absolute atomic E-state index is 10.4. The molecule has 0 radical (unpaired) electrons. The minimum absolute atomic E-state index is 0.0414. The molecule has 0 aromatic heterocycles. The van der Waals surface area contributed by atoms with E-state index in [4.69, 9.17) is 0 Å². The van der Waals surface area contributed by atoms with Crippen LogP contribution in [0.15, 0.2) is 35.7 Å². The van der Waals surface area contributed by atoms with Gasteiger partial charge in [-0.05, 0) is 11.1 Å². The molecule has 1 aromatic carbocycles. The smallest absolute Gasteiger partial charge is 0.243 e. The van der Waals surface area contributed by atoms with Crippen LogP contribution in [0.5, 0.6) is 0 Å². The largest absolute Gasteiger partial charge is 0.259 e. The number of nitrogens with zero attached hydrogens (tertiary/aromatic N) is 2. The summed E-state index contributed by atoms with van der Waals surface area (Å²) in [5.74, 6) is 0. The monoisotopic (exact) mass is 248 g/mol. The molecule has 94 valence electrons. The van der Waals surface area contributed by atoms with E-state index in [-0.39, 0.29) is 11.4 Å². The Morgan fingerprint density at radius 2 is 1.17 bits per heavy atom. The van der Waals surface area contributed by atoms with Crippen molar-refractivity contribution >= 4 is 12.2 Å². The molecule has 0 unspecified atom stereocenters. The zero-order valence-corrected chi connectivity index (χ0v) is 9.99. The van der Waals surface area contributed by atoms with Gasteiger partial charge in [0.2, 0.25) is 11.4 Å². The lowest BCUT2D eigenvalue weighted by atomic mass is 10.1. The van der Waals surface area contributed by atoms with Crippen LogP contribution in [0, 0.1) is 20.2 Å². The van der Waals surface area contributed by atoms with Crippen molar-refractivity contribution in [2.75, 3.05) is 0 Å². The average Bonchev–Trinajstić information content (AvgIpc) is 2.31. The Kier molecular flexibility index (Phi) is 4.31. The lowest BCUT2D eigenvalue weighted by Gasteiger charge is -1.96. The van der Waals surface area contributed by atoms with E-state index < -0.39 is 9.85 Å². The highest BCUT2D eigenvalue weighted by Crippen LogP contribution is 2.12. The predicted molar refractivity (Wildman–Crippen MR) is 67.7 cm³/mol. The van der Waals surface area contributed by atoms with Gasteiger partial charge in [-0.2, -0.15) is 0 Å². The van der Waals surface area contributed by atoms with Crippen LogP contribution in [0.4, 0.5) is 0 Å². The SMILES string of the molecule is C/C(=C/c1ccc(/C=C(/C)[N+](=O)[O-])cc1)[N+](=O)[O-]. The summed E-state index contributed by atoms with van der Waals surface area (Å²) in [6.07, 6.45) is 2.88. The van der Waals surface area contributed by atoms with Crippen LogP contribution in [-0.4, -0.2) is 9.85 Å². The van der Waals surface area contributed by atoms with Crippen LogP contribution >= 0.6 is 0 Å². The number of benzene rings is 1. The van der Waals surface area contributed by atoms with E-state index in [2.05, 4.69) is 0 Å². The van der Waals surface area contributed by atoms with Crippen LogP contribution in [-0.2, 0) is 0 Å². The summed E-state index contributed by atoms with van der Waals surface area (Å²) >= 11 is 0. The fourth-order valence-electron chi connectivity index (χ4n) is 1.28. The Morgan fingerprint density at radius 1 is 0.889 bits per heavy atom. The van der Waals surface area contributed by atoms with Crippen molar-refractivity contribution in [2.45, 2.75) is 13.8 Å². The number of rotatable bonds is 4. The molecule has 0 spiro atoms. The Hall–Kier alpha value is -2.50. The molecule has 1 aromatic rings. The summed E-state index contributed by atoms with van der Waals surface area (Å²) < 4.78 is 0. The van der Waals surface area contributed by atoms with Gasteiger partial charge in [0, 0.05) is 26.0 Å². The molecule has 0 amide bonds. The molecule has 6 nitrogen and oxygen atoms in total. The van der Waals surface area contributed by atoms with E-state index in [9.17, 15) is 20.2 Å². The van der Waals surface area contributed by atoms with Gasteiger partial charge in [-0.1, -0.05) is 24.3 Å². The molecule has 6 heteroatoms. The first-order valence-corrected chi connectivity index (χ1v) is 5.15. The minimum Gasteiger partial charge on any atom is -0.259 e. The maximum atomic E-state index is 10.4. The minimum atomic E-state index is -0.468. The van der Waals surface area contributed by atoms with E-state index in [1.54, 1.807) is 24.3 Å². The molecule has 0 atom stereocenters. The lowest BCUT2D eigenvalue weighted by Crippen LogP contribution is -1.93. The Morgan fingerprint density at radius 3 is 1.39 bits per heavy atom. The van der Waals surface area contributed by atoms with Crippen LogP contribution in [0.3, 0.4) is 0 Å². The third-order valence-electron chi connectivity index (χ3n) is 2.26. The average molecular weight is 248 g/mol. The fourth-order valence-corrected chi connectivity index (χ4v) is 1.28. The molecule has 0 aliphatic heterocycles. The summed E-state index contributed by atoms with van der Waals surface area (Å²) in [7, 11) is 0. The fraction of sp³-hybridized carbons (Fsp3) is 0.167. The standard InChI is InChI=1S/C12H12N2O4/c1-9(13(15)16)7-11-3-5-12(6-4-11)8-10(2)14(17)18/h3-8H,1-2H3/b9-7-,10-8-. The van der Waals surface area contributed by atoms with Gasteiger partial charge < -0.3 is 0 Å². The summed E-state index contributed by atoms with van der Waals surface area (Å²) in [5.41, 5.74) is 1.44. The van der Waals surface area contributed by atoms with E-state index in [0.717, 1.165) is 0 Å². The predicted octanol–water partition coefficient (Wildman–Crippen LogP) is 2.96. The summed E-state index contributed by atoms with van der Waals surface area (Å²) in [6, 6.07) is 6.69. The van der Waals surface area contributed by atoms with Crippen LogP contribution in [0.1, 0.15) is 25.0 Å². The van der Waals surface area contributed by atoms with Gasteiger partial charge in [-0.25, -0.2) is 0 Å². The van der Waals surface area contributed by atoms with E-state index in [1.165, 1.54) is 26.0 Å². The second-order valence-corrected chi connectivity index (χ2v) is 3.75. The highest BCUT2D eigenvalue weighted by atomic mass is 16.6. The molecular formula is C12H12N2O4. The van der Waals surface area contributed by atoms with Gasteiger partial charge in [-0.15, -0.1) is 0 Å². The van der Waals surface area contributed by atoms with Crippen LogP contribution in [0.25, 0.3) is 12.2 Å². The highest BCUT2D eigenvalue weighted by Gasteiger charge is 2.03. The van der Waals surface area contributed by atoms with Crippen molar-refractivity contribution in [2.24, 2.45) is 0 Å². The molecule has 0 saturated carbocycles. The second-order valence-electron chi connectivity index (χ2n) is 3.75. The second kappa shape index (κ2) is 5.72. The summed E-state index contributed by atoms with van der Waals surface area (Å²) in [6.45, 7) is 2.81. The number of hydrogen-bond acceptors (Lipinski definition) is 4. The summed E-state index contributed by atoms with van der Waals surface area (Å²) in [5, 5.41) is 20.9. The molecule has 0 aliphatic carbocycles. The zero-order valence-electron chi connectivity index (χ0n) is 9.99. The van der Waals surface area contributed by atoms with Crippen LogP contribution in [0.2, 0.25) is 0 Å². The molecule has 1 rings (SSSR count). The topological polar surface area (TPSA) is 86.3 Å². The third kappa shape index (κ3) is 3.82. The molecule has 0 fully saturated rings. The Labute approximate surface area is 104 Å². The Bertz CT molecular complexity index is 481. The van der Waals surface area contributed by atoms with E-state index >= 15 is 0 Å². The zero-order chi connectivity index (χ0) is 13.7. The van der Waals surface area contributed by atoms with Crippen molar-refractivity contribution in [3.63, 3.8) is 0 Å². The van der Waals surface area contributed by atoms with Crippen molar-refractivity contribution in [3.05, 3.63) is 67.0 Å². The molecule has 0 N–H and O–H groups in total. The molecule has 0 heterocycles. The van der Waals surface area contributed by atoms with Crippen molar-refractivity contribution in [1.29, 1.82) is 0 Å². The van der Waals surface area contributed by atoms with Gasteiger partial charge in [0.05, 0.1) is 9.85 Å².